The van der Waals surface area contributed by atoms with E-state index in [-0.39, 0.29) is 16.4 Å². The molecule has 1 aromatic carbocycles. The SMILES string of the molecule is O=S(=O)(C=CC(F)(F)F)c1ccccc1. The lowest BCUT2D eigenvalue weighted by molar-refractivity contribution is -0.0797. The topological polar surface area (TPSA) is 34.1 Å². The number of hydrogen-bond donors (Lipinski definition) is 0. The van der Waals surface area contributed by atoms with E-state index in [2.05, 4.69) is 0 Å². The van der Waals surface area contributed by atoms with Crippen molar-refractivity contribution in [3.8, 4) is 0 Å². The quantitative estimate of drug-likeness (QED) is 0.790. The van der Waals surface area contributed by atoms with Crippen LogP contribution in [0.15, 0.2) is 46.7 Å². The minimum atomic E-state index is -4.62. The van der Waals surface area contributed by atoms with Crippen LogP contribution in [0.2, 0.25) is 0 Å². The zero-order valence-electron chi connectivity index (χ0n) is 7.40. The van der Waals surface area contributed by atoms with Gasteiger partial charge in [0, 0.05) is 11.5 Å². The summed E-state index contributed by atoms with van der Waals surface area (Å²) in [5.41, 5.74) is 0. The number of halogens is 3. The predicted molar refractivity (Wildman–Crippen MR) is 48.8 cm³/mol. The van der Waals surface area contributed by atoms with Crippen LogP contribution in [0, 0.1) is 0 Å². The molecule has 0 unspecified atom stereocenters. The number of allylic oxidation sites excluding steroid dienone is 1. The fourth-order valence-corrected chi connectivity index (χ4v) is 1.88. The van der Waals surface area contributed by atoms with Gasteiger partial charge in [0.2, 0.25) is 0 Å². The highest BCUT2D eigenvalue weighted by molar-refractivity contribution is 7.94. The first-order valence-corrected chi connectivity index (χ1v) is 5.42. The average molecular weight is 236 g/mol. The molecule has 0 saturated heterocycles. The van der Waals surface area contributed by atoms with Crippen LogP contribution in [0.5, 0.6) is 0 Å². The van der Waals surface area contributed by atoms with E-state index < -0.39 is 16.0 Å². The molecule has 0 spiro atoms. The molecule has 1 aromatic rings. The number of rotatable bonds is 2. The van der Waals surface area contributed by atoms with Crippen molar-refractivity contribution in [3.63, 3.8) is 0 Å². The molecular weight excluding hydrogens is 229 g/mol. The number of alkyl halides is 3. The second kappa shape index (κ2) is 4.06. The molecule has 0 heterocycles. The normalized spacial score (nSPS) is 13.3. The summed E-state index contributed by atoms with van der Waals surface area (Å²) in [6.07, 6.45) is -4.92. The van der Waals surface area contributed by atoms with Gasteiger partial charge in [-0.3, -0.25) is 0 Å². The van der Waals surface area contributed by atoms with Crippen molar-refractivity contribution < 1.29 is 21.6 Å². The van der Waals surface area contributed by atoms with Crippen molar-refractivity contribution in [2.45, 2.75) is 11.1 Å². The van der Waals surface area contributed by atoms with E-state index in [1.807, 2.05) is 0 Å². The summed E-state index contributed by atoms with van der Waals surface area (Å²) in [6.45, 7) is 0. The largest absolute Gasteiger partial charge is 0.410 e. The maximum Gasteiger partial charge on any atom is 0.410 e. The molecule has 0 fully saturated rings. The van der Waals surface area contributed by atoms with E-state index in [0.29, 0.717) is 0 Å². The highest BCUT2D eigenvalue weighted by Gasteiger charge is 2.24. The van der Waals surface area contributed by atoms with Gasteiger partial charge in [-0.25, -0.2) is 8.42 Å². The molecule has 6 heteroatoms. The summed E-state index contributed by atoms with van der Waals surface area (Å²) in [5, 5.41) is 0.155. The van der Waals surface area contributed by atoms with Crippen molar-refractivity contribution in [1.29, 1.82) is 0 Å². The fraction of sp³-hybridized carbons (Fsp3) is 0.111. The summed E-state index contributed by atoms with van der Waals surface area (Å²) in [4.78, 5) is -0.162. The Morgan fingerprint density at radius 3 is 2.07 bits per heavy atom. The van der Waals surface area contributed by atoms with Gasteiger partial charge >= 0.3 is 6.18 Å². The molecule has 0 atom stereocenters. The Balaban J connectivity index is 3.01. The molecule has 15 heavy (non-hydrogen) atoms. The third-order valence-electron chi connectivity index (χ3n) is 1.51. The van der Waals surface area contributed by atoms with Gasteiger partial charge < -0.3 is 0 Å². The highest BCUT2D eigenvalue weighted by Crippen LogP contribution is 2.19. The van der Waals surface area contributed by atoms with E-state index in [9.17, 15) is 21.6 Å². The highest BCUT2D eigenvalue weighted by atomic mass is 32.2. The van der Waals surface area contributed by atoms with Crippen LogP contribution in [0.3, 0.4) is 0 Å². The van der Waals surface area contributed by atoms with Crippen LogP contribution in [-0.2, 0) is 9.84 Å². The number of benzene rings is 1. The second-order valence-electron chi connectivity index (χ2n) is 2.70. The molecule has 0 aromatic heterocycles. The van der Waals surface area contributed by atoms with Crippen LogP contribution >= 0.6 is 0 Å². The Hall–Kier alpha value is -1.30. The summed E-state index contributed by atoms with van der Waals surface area (Å²) < 4.78 is 57.8. The van der Waals surface area contributed by atoms with Crippen molar-refractivity contribution in [3.05, 3.63) is 41.8 Å². The predicted octanol–water partition coefficient (Wildman–Crippen LogP) is 2.54. The van der Waals surface area contributed by atoms with Crippen LogP contribution in [0.1, 0.15) is 0 Å². The average Bonchev–Trinajstić information content (AvgIpc) is 2.16. The summed E-state index contributed by atoms with van der Waals surface area (Å²) in [7, 11) is -3.99. The van der Waals surface area contributed by atoms with Crippen molar-refractivity contribution in [2.24, 2.45) is 0 Å². The number of sulfone groups is 1. The zero-order chi connectivity index (χ0) is 11.5. The zero-order valence-corrected chi connectivity index (χ0v) is 8.22. The third-order valence-corrected chi connectivity index (χ3v) is 2.93. The summed E-state index contributed by atoms with van der Waals surface area (Å²) in [5.74, 6) is 0. The smallest absolute Gasteiger partial charge is 0.219 e. The lowest BCUT2D eigenvalue weighted by Gasteiger charge is -1.99. The first-order chi connectivity index (χ1) is 6.81. The molecule has 82 valence electrons. The molecule has 0 bridgehead atoms. The van der Waals surface area contributed by atoms with Gasteiger partial charge in [-0.05, 0) is 12.1 Å². The fourth-order valence-electron chi connectivity index (χ4n) is 0.855. The number of hydrogen-bond acceptors (Lipinski definition) is 2. The van der Waals surface area contributed by atoms with Gasteiger partial charge in [0.1, 0.15) is 0 Å². The lowest BCUT2D eigenvalue weighted by Crippen LogP contribution is -2.04. The molecule has 1 rings (SSSR count). The Kier molecular flexibility index (Phi) is 3.18. The Bertz CT molecular complexity index is 446. The molecule has 0 radical (unpaired) electrons. The van der Waals surface area contributed by atoms with E-state index in [1.54, 1.807) is 6.07 Å². The molecule has 0 saturated carbocycles. The van der Waals surface area contributed by atoms with Crippen molar-refractivity contribution in [2.75, 3.05) is 0 Å². The molecule has 2 nitrogen and oxygen atoms in total. The van der Waals surface area contributed by atoms with Crippen LogP contribution in [0.4, 0.5) is 13.2 Å². The van der Waals surface area contributed by atoms with Crippen LogP contribution < -0.4 is 0 Å². The molecule has 0 aliphatic rings. The summed E-state index contributed by atoms with van der Waals surface area (Å²) in [6, 6.07) is 6.92. The van der Waals surface area contributed by atoms with E-state index in [1.165, 1.54) is 24.3 Å². The molecule has 0 aliphatic carbocycles. The van der Waals surface area contributed by atoms with Crippen LogP contribution in [-0.4, -0.2) is 14.6 Å². The minimum Gasteiger partial charge on any atom is -0.219 e. The van der Waals surface area contributed by atoms with E-state index in [0.717, 1.165) is 0 Å². The Labute approximate surface area is 85.0 Å². The van der Waals surface area contributed by atoms with Gasteiger partial charge in [-0.1, -0.05) is 18.2 Å². The van der Waals surface area contributed by atoms with Gasteiger partial charge in [-0.2, -0.15) is 13.2 Å². The Morgan fingerprint density at radius 2 is 1.60 bits per heavy atom. The van der Waals surface area contributed by atoms with E-state index in [4.69, 9.17) is 0 Å². The summed E-state index contributed by atoms with van der Waals surface area (Å²) >= 11 is 0. The van der Waals surface area contributed by atoms with Crippen LogP contribution in [0.25, 0.3) is 0 Å². The lowest BCUT2D eigenvalue weighted by atomic mass is 10.4. The first kappa shape index (κ1) is 11.8. The van der Waals surface area contributed by atoms with Gasteiger partial charge in [0.25, 0.3) is 0 Å². The molecule has 0 N–H and O–H groups in total. The maximum atomic E-state index is 11.8. The van der Waals surface area contributed by atoms with Gasteiger partial charge in [0.15, 0.2) is 9.84 Å². The van der Waals surface area contributed by atoms with Crippen molar-refractivity contribution >= 4 is 9.84 Å². The van der Waals surface area contributed by atoms with Crippen molar-refractivity contribution in [1.82, 2.24) is 0 Å². The van der Waals surface area contributed by atoms with E-state index >= 15 is 0 Å². The molecule has 0 aliphatic heterocycles. The third kappa shape index (κ3) is 3.75. The first-order valence-electron chi connectivity index (χ1n) is 3.87. The molecule has 0 amide bonds. The standard InChI is InChI=1S/C9H7F3O2S/c10-9(11,12)6-7-15(13,14)8-4-2-1-3-5-8/h1-7H. The monoisotopic (exact) mass is 236 g/mol. The van der Waals surface area contributed by atoms with Gasteiger partial charge in [0.05, 0.1) is 4.90 Å². The molecular formula is C9H7F3O2S. The Morgan fingerprint density at radius 1 is 1.07 bits per heavy atom. The minimum absolute atomic E-state index is 0.155. The van der Waals surface area contributed by atoms with Gasteiger partial charge in [-0.15, -0.1) is 0 Å². The maximum absolute atomic E-state index is 11.8. The second-order valence-corrected chi connectivity index (χ2v) is 4.54.